The van der Waals surface area contributed by atoms with Gasteiger partial charge in [-0.05, 0) is 52.1 Å². The number of hydrogen-bond acceptors (Lipinski definition) is 4. The Morgan fingerprint density at radius 1 is 0.714 bits per heavy atom. The lowest BCUT2D eigenvalue weighted by Crippen LogP contribution is -2.00. The highest BCUT2D eigenvalue weighted by Gasteiger charge is 2.27. The SMILES string of the molecule is COc1cc(C2=C(c3ccc4ccccc4c3)CCC2=O)cc(OC)c1OC. The van der Waals surface area contributed by atoms with E-state index in [1.54, 1.807) is 21.3 Å². The molecule has 0 fully saturated rings. The van der Waals surface area contributed by atoms with E-state index in [1.165, 1.54) is 5.39 Å². The van der Waals surface area contributed by atoms with Crippen LogP contribution in [0.2, 0.25) is 0 Å². The Balaban J connectivity index is 1.91. The van der Waals surface area contributed by atoms with Crippen LogP contribution in [0.1, 0.15) is 24.0 Å². The summed E-state index contributed by atoms with van der Waals surface area (Å²) < 4.78 is 16.4. The molecule has 0 saturated heterocycles. The molecule has 3 aromatic carbocycles. The third-order valence-electron chi connectivity index (χ3n) is 5.23. The Kier molecular flexibility index (Phi) is 4.78. The molecule has 0 N–H and O–H groups in total. The molecule has 0 aliphatic heterocycles. The number of hydrogen-bond donors (Lipinski definition) is 0. The van der Waals surface area contributed by atoms with Gasteiger partial charge in [-0.25, -0.2) is 0 Å². The molecule has 0 aromatic heterocycles. The Labute approximate surface area is 164 Å². The van der Waals surface area contributed by atoms with Crippen LogP contribution >= 0.6 is 0 Å². The maximum Gasteiger partial charge on any atom is 0.203 e. The minimum Gasteiger partial charge on any atom is -0.493 e. The number of Topliss-reactive ketones (excluding diaryl/α,β-unsaturated/α-hetero) is 1. The summed E-state index contributed by atoms with van der Waals surface area (Å²) >= 11 is 0. The molecule has 0 spiro atoms. The van der Waals surface area contributed by atoms with Gasteiger partial charge in [0.25, 0.3) is 0 Å². The molecule has 4 nitrogen and oxygen atoms in total. The zero-order valence-corrected chi connectivity index (χ0v) is 16.2. The number of carbonyl (C=O) groups is 1. The Morgan fingerprint density at radius 3 is 2.04 bits per heavy atom. The number of ketones is 1. The monoisotopic (exact) mass is 374 g/mol. The molecule has 0 bridgehead atoms. The Bertz CT molecular complexity index is 1070. The number of benzene rings is 3. The fraction of sp³-hybridized carbons (Fsp3) is 0.208. The van der Waals surface area contributed by atoms with Gasteiger partial charge in [0.2, 0.25) is 5.75 Å². The normalized spacial score (nSPS) is 13.9. The van der Waals surface area contributed by atoms with E-state index in [0.717, 1.165) is 34.1 Å². The zero-order valence-electron chi connectivity index (χ0n) is 16.2. The van der Waals surface area contributed by atoms with E-state index in [0.29, 0.717) is 23.7 Å². The lowest BCUT2D eigenvalue weighted by molar-refractivity contribution is -0.113. The van der Waals surface area contributed by atoms with Crippen molar-refractivity contribution in [3.05, 3.63) is 65.7 Å². The van der Waals surface area contributed by atoms with E-state index in [4.69, 9.17) is 14.2 Å². The van der Waals surface area contributed by atoms with Crippen LogP contribution in [0.25, 0.3) is 21.9 Å². The van der Waals surface area contributed by atoms with E-state index < -0.39 is 0 Å². The highest BCUT2D eigenvalue weighted by atomic mass is 16.5. The fourth-order valence-corrected chi connectivity index (χ4v) is 3.88. The molecule has 0 unspecified atom stereocenters. The number of allylic oxidation sites excluding steroid dienone is 2. The second-order valence-corrected chi connectivity index (χ2v) is 6.75. The van der Waals surface area contributed by atoms with Crippen molar-refractivity contribution in [1.29, 1.82) is 0 Å². The average molecular weight is 374 g/mol. The largest absolute Gasteiger partial charge is 0.493 e. The summed E-state index contributed by atoms with van der Waals surface area (Å²) in [5.41, 5.74) is 3.66. The van der Waals surface area contributed by atoms with Crippen LogP contribution in [0, 0.1) is 0 Å². The quantitative estimate of drug-likeness (QED) is 0.620. The predicted octanol–water partition coefficient (Wildman–Crippen LogP) is 5.14. The second kappa shape index (κ2) is 7.39. The molecule has 1 aliphatic rings. The molecule has 1 aliphatic carbocycles. The summed E-state index contributed by atoms with van der Waals surface area (Å²) in [6.07, 6.45) is 1.23. The van der Waals surface area contributed by atoms with Gasteiger partial charge in [-0.15, -0.1) is 0 Å². The van der Waals surface area contributed by atoms with Gasteiger partial charge in [0.05, 0.1) is 21.3 Å². The Morgan fingerprint density at radius 2 is 1.39 bits per heavy atom. The summed E-state index contributed by atoms with van der Waals surface area (Å²) in [5, 5.41) is 2.35. The number of methoxy groups -OCH3 is 3. The molecular formula is C24H22O4. The zero-order chi connectivity index (χ0) is 19.7. The van der Waals surface area contributed by atoms with Gasteiger partial charge in [-0.3, -0.25) is 4.79 Å². The molecular weight excluding hydrogens is 352 g/mol. The van der Waals surface area contributed by atoms with E-state index in [-0.39, 0.29) is 5.78 Å². The molecule has 4 heteroatoms. The number of ether oxygens (including phenoxy) is 3. The van der Waals surface area contributed by atoms with Crippen molar-refractivity contribution in [1.82, 2.24) is 0 Å². The van der Waals surface area contributed by atoms with Crippen molar-refractivity contribution in [3.8, 4) is 17.2 Å². The maximum absolute atomic E-state index is 12.8. The summed E-state index contributed by atoms with van der Waals surface area (Å²) in [6.45, 7) is 0. The standard InChI is InChI=1S/C24H22O4/c1-26-21-13-18(14-22(27-2)24(21)28-3)23-19(10-11-20(23)25)17-9-8-15-6-4-5-7-16(15)12-17/h4-9,12-14H,10-11H2,1-3H3. The van der Waals surface area contributed by atoms with Crippen LogP contribution in [-0.2, 0) is 4.79 Å². The molecule has 3 aromatic rings. The van der Waals surface area contributed by atoms with Crippen LogP contribution in [-0.4, -0.2) is 27.1 Å². The van der Waals surface area contributed by atoms with Crippen LogP contribution in [0.4, 0.5) is 0 Å². The highest BCUT2D eigenvalue weighted by molar-refractivity contribution is 6.31. The molecule has 0 radical (unpaired) electrons. The van der Waals surface area contributed by atoms with Crippen molar-refractivity contribution in [2.45, 2.75) is 12.8 Å². The van der Waals surface area contributed by atoms with Gasteiger partial charge in [0, 0.05) is 12.0 Å². The number of carbonyl (C=O) groups excluding carboxylic acids is 1. The summed E-state index contributed by atoms with van der Waals surface area (Å²) in [4.78, 5) is 12.8. The summed E-state index contributed by atoms with van der Waals surface area (Å²) in [7, 11) is 4.73. The van der Waals surface area contributed by atoms with Gasteiger partial charge in [-0.2, -0.15) is 0 Å². The van der Waals surface area contributed by atoms with Gasteiger partial charge >= 0.3 is 0 Å². The molecule has 0 amide bonds. The second-order valence-electron chi connectivity index (χ2n) is 6.75. The van der Waals surface area contributed by atoms with Crippen LogP contribution < -0.4 is 14.2 Å². The summed E-state index contributed by atoms with van der Waals surface area (Å²) in [6, 6.07) is 18.3. The molecule has 4 rings (SSSR count). The van der Waals surface area contributed by atoms with E-state index >= 15 is 0 Å². The molecule has 142 valence electrons. The number of rotatable bonds is 5. The van der Waals surface area contributed by atoms with Gasteiger partial charge in [0.1, 0.15) is 0 Å². The van der Waals surface area contributed by atoms with Crippen molar-refractivity contribution in [2.24, 2.45) is 0 Å². The smallest absolute Gasteiger partial charge is 0.203 e. The first-order valence-corrected chi connectivity index (χ1v) is 9.22. The third kappa shape index (κ3) is 3.01. The van der Waals surface area contributed by atoms with E-state index in [1.807, 2.05) is 24.3 Å². The van der Waals surface area contributed by atoms with Crippen molar-refractivity contribution in [3.63, 3.8) is 0 Å². The van der Waals surface area contributed by atoms with Crippen molar-refractivity contribution >= 4 is 27.7 Å². The first-order valence-electron chi connectivity index (χ1n) is 9.22. The lowest BCUT2D eigenvalue weighted by Gasteiger charge is -2.15. The van der Waals surface area contributed by atoms with Crippen LogP contribution in [0.5, 0.6) is 17.2 Å². The maximum atomic E-state index is 12.8. The van der Waals surface area contributed by atoms with Crippen molar-refractivity contribution in [2.75, 3.05) is 21.3 Å². The highest BCUT2D eigenvalue weighted by Crippen LogP contribution is 2.44. The van der Waals surface area contributed by atoms with Crippen molar-refractivity contribution < 1.29 is 19.0 Å². The average Bonchev–Trinajstić information content (AvgIpc) is 3.13. The lowest BCUT2D eigenvalue weighted by atomic mass is 9.94. The molecule has 0 heterocycles. The van der Waals surface area contributed by atoms with Crippen LogP contribution in [0.3, 0.4) is 0 Å². The summed E-state index contributed by atoms with van der Waals surface area (Å²) in [5.74, 6) is 1.74. The molecule has 28 heavy (non-hydrogen) atoms. The Hall–Kier alpha value is -3.27. The topological polar surface area (TPSA) is 44.8 Å². The van der Waals surface area contributed by atoms with E-state index in [9.17, 15) is 4.79 Å². The minimum absolute atomic E-state index is 0.137. The van der Waals surface area contributed by atoms with Gasteiger partial charge in [0.15, 0.2) is 17.3 Å². The third-order valence-corrected chi connectivity index (χ3v) is 5.23. The molecule has 0 atom stereocenters. The first kappa shape index (κ1) is 18.1. The first-order chi connectivity index (χ1) is 13.7. The predicted molar refractivity (Wildman–Crippen MR) is 111 cm³/mol. The number of fused-ring (bicyclic) bond motifs is 1. The van der Waals surface area contributed by atoms with Gasteiger partial charge in [-0.1, -0.05) is 36.4 Å². The van der Waals surface area contributed by atoms with Gasteiger partial charge < -0.3 is 14.2 Å². The molecule has 0 saturated carbocycles. The minimum atomic E-state index is 0.137. The van der Waals surface area contributed by atoms with E-state index in [2.05, 4.69) is 30.3 Å². The fourth-order valence-electron chi connectivity index (χ4n) is 3.88. The van der Waals surface area contributed by atoms with Crippen LogP contribution in [0.15, 0.2) is 54.6 Å².